The summed E-state index contributed by atoms with van der Waals surface area (Å²) in [5.74, 6) is 0.642. The van der Waals surface area contributed by atoms with E-state index in [2.05, 4.69) is 27.4 Å². The number of nitrogens with one attached hydrogen (secondary N) is 2. The number of amides is 1. The molecule has 5 nitrogen and oxygen atoms in total. The molecule has 0 aromatic carbocycles. The molecule has 1 aliphatic rings. The number of rotatable bonds is 6. The molecule has 2 rings (SSSR count). The van der Waals surface area contributed by atoms with Crippen molar-refractivity contribution in [3.05, 3.63) is 24.0 Å². The molecule has 0 spiro atoms. The van der Waals surface area contributed by atoms with Crippen LogP contribution in [0.3, 0.4) is 0 Å². The molecule has 0 bridgehead atoms. The molecule has 116 valence electrons. The molecule has 1 aromatic rings. The van der Waals surface area contributed by atoms with Crippen molar-refractivity contribution in [1.82, 2.24) is 15.6 Å². The van der Waals surface area contributed by atoms with E-state index < -0.39 is 0 Å². The van der Waals surface area contributed by atoms with Gasteiger partial charge in [0.05, 0.1) is 0 Å². The molecular weight excluding hydrogens is 264 g/mol. The van der Waals surface area contributed by atoms with Crippen molar-refractivity contribution in [3.63, 3.8) is 0 Å². The average Bonchev–Trinajstić information content (AvgIpc) is 2.55. The summed E-state index contributed by atoms with van der Waals surface area (Å²) in [6, 6.07) is 3.87. The summed E-state index contributed by atoms with van der Waals surface area (Å²) in [6.07, 6.45) is 5.32. The van der Waals surface area contributed by atoms with Crippen LogP contribution in [0.15, 0.2) is 18.3 Å². The Morgan fingerprint density at radius 2 is 2.19 bits per heavy atom. The van der Waals surface area contributed by atoms with Crippen LogP contribution in [0.2, 0.25) is 0 Å². The molecule has 2 heterocycles. The topological polar surface area (TPSA) is 57.3 Å². The third kappa shape index (κ3) is 4.43. The largest absolute Gasteiger partial charge is 0.371 e. The third-order valence-corrected chi connectivity index (χ3v) is 4.04. The molecule has 1 fully saturated rings. The summed E-state index contributed by atoms with van der Waals surface area (Å²) >= 11 is 0. The molecule has 5 heteroatoms. The van der Waals surface area contributed by atoms with Gasteiger partial charge in [-0.1, -0.05) is 6.92 Å². The number of carbonyl (C=O) groups excluding carboxylic acids is 1. The molecule has 0 unspecified atom stereocenters. The first kappa shape index (κ1) is 15.8. The van der Waals surface area contributed by atoms with Crippen molar-refractivity contribution < 1.29 is 4.79 Å². The van der Waals surface area contributed by atoms with Crippen LogP contribution in [-0.2, 0) is 0 Å². The highest BCUT2D eigenvalue weighted by Crippen LogP contribution is 2.23. The summed E-state index contributed by atoms with van der Waals surface area (Å²) in [4.78, 5) is 18.1. The maximum absolute atomic E-state index is 11.6. The smallest absolute Gasteiger partial charge is 0.269 e. The van der Waals surface area contributed by atoms with E-state index in [1.165, 1.54) is 19.3 Å². The first-order valence-electron chi connectivity index (χ1n) is 7.88. The number of nitrogens with zero attached hydrogens (tertiary/aromatic N) is 2. The Labute approximate surface area is 127 Å². The lowest BCUT2D eigenvalue weighted by Crippen LogP contribution is -2.37. The lowest BCUT2D eigenvalue weighted by molar-refractivity contribution is 0.0958. The molecule has 0 radical (unpaired) electrons. The highest BCUT2D eigenvalue weighted by Gasteiger charge is 2.19. The SMILES string of the molecule is CCCNCC1CCN(c2ccnc(C(=O)NC)c2)CC1. The van der Waals surface area contributed by atoms with Gasteiger partial charge in [-0.2, -0.15) is 0 Å². The van der Waals surface area contributed by atoms with E-state index in [4.69, 9.17) is 0 Å². The van der Waals surface area contributed by atoms with Gasteiger partial charge in [0, 0.05) is 32.0 Å². The molecular formula is C16H26N4O. The first-order valence-corrected chi connectivity index (χ1v) is 7.88. The van der Waals surface area contributed by atoms with Crippen LogP contribution in [0, 0.1) is 5.92 Å². The zero-order valence-electron chi connectivity index (χ0n) is 13.1. The number of piperidine rings is 1. The van der Waals surface area contributed by atoms with Gasteiger partial charge in [-0.15, -0.1) is 0 Å². The van der Waals surface area contributed by atoms with E-state index in [0.717, 1.165) is 37.8 Å². The summed E-state index contributed by atoms with van der Waals surface area (Å²) < 4.78 is 0. The van der Waals surface area contributed by atoms with Gasteiger partial charge in [0.1, 0.15) is 5.69 Å². The molecule has 1 saturated heterocycles. The van der Waals surface area contributed by atoms with Crippen LogP contribution in [-0.4, -0.2) is 44.1 Å². The van der Waals surface area contributed by atoms with Gasteiger partial charge in [-0.3, -0.25) is 9.78 Å². The number of hydrogen-bond acceptors (Lipinski definition) is 4. The Hall–Kier alpha value is -1.62. The Morgan fingerprint density at radius 3 is 2.86 bits per heavy atom. The van der Waals surface area contributed by atoms with Gasteiger partial charge in [0.2, 0.25) is 0 Å². The van der Waals surface area contributed by atoms with Crippen LogP contribution in [0.4, 0.5) is 5.69 Å². The van der Waals surface area contributed by atoms with Crippen LogP contribution in [0.25, 0.3) is 0 Å². The van der Waals surface area contributed by atoms with Crippen molar-refractivity contribution in [1.29, 1.82) is 0 Å². The van der Waals surface area contributed by atoms with Crippen molar-refractivity contribution in [3.8, 4) is 0 Å². The average molecular weight is 290 g/mol. The van der Waals surface area contributed by atoms with Gasteiger partial charge >= 0.3 is 0 Å². The van der Waals surface area contributed by atoms with Gasteiger partial charge in [0.15, 0.2) is 0 Å². The third-order valence-electron chi connectivity index (χ3n) is 4.04. The Kier molecular flexibility index (Phi) is 5.99. The fourth-order valence-corrected chi connectivity index (χ4v) is 2.75. The number of carbonyl (C=O) groups is 1. The zero-order chi connectivity index (χ0) is 15.1. The van der Waals surface area contributed by atoms with Crippen molar-refractivity contribution in [2.24, 2.45) is 5.92 Å². The van der Waals surface area contributed by atoms with Gasteiger partial charge in [-0.05, 0) is 50.4 Å². The number of anilines is 1. The first-order chi connectivity index (χ1) is 10.2. The maximum atomic E-state index is 11.6. The number of hydrogen-bond donors (Lipinski definition) is 2. The molecule has 0 aliphatic carbocycles. The lowest BCUT2D eigenvalue weighted by atomic mass is 9.96. The molecule has 21 heavy (non-hydrogen) atoms. The van der Waals surface area contributed by atoms with Gasteiger partial charge < -0.3 is 15.5 Å². The summed E-state index contributed by atoms with van der Waals surface area (Å²) in [6.45, 7) is 6.54. The standard InChI is InChI=1S/C16H26N4O/c1-3-7-18-12-13-5-9-20(10-6-13)14-4-8-19-15(11-14)16(21)17-2/h4,8,11,13,18H,3,5-7,9-10,12H2,1-2H3,(H,17,21). The molecule has 1 aliphatic heterocycles. The highest BCUT2D eigenvalue weighted by atomic mass is 16.1. The number of pyridine rings is 1. The predicted octanol–water partition coefficient (Wildman–Crippen LogP) is 1.66. The molecule has 2 N–H and O–H groups in total. The minimum Gasteiger partial charge on any atom is -0.371 e. The molecule has 0 atom stereocenters. The second-order valence-electron chi connectivity index (χ2n) is 5.61. The van der Waals surface area contributed by atoms with E-state index in [9.17, 15) is 4.79 Å². The van der Waals surface area contributed by atoms with Gasteiger partial charge in [-0.25, -0.2) is 0 Å². The van der Waals surface area contributed by atoms with Crippen LogP contribution in [0.5, 0.6) is 0 Å². The summed E-state index contributed by atoms with van der Waals surface area (Å²) in [5, 5.41) is 6.13. The van der Waals surface area contributed by atoms with Crippen LogP contribution >= 0.6 is 0 Å². The zero-order valence-corrected chi connectivity index (χ0v) is 13.1. The molecule has 0 saturated carbocycles. The van der Waals surface area contributed by atoms with E-state index in [0.29, 0.717) is 5.69 Å². The van der Waals surface area contributed by atoms with Crippen molar-refractivity contribution in [2.75, 3.05) is 38.1 Å². The minimum atomic E-state index is -0.129. The predicted molar refractivity (Wildman–Crippen MR) is 85.7 cm³/mol. The van der Waals surface area contributed by atoms with E-state index in [1.54, 1.807) is 13.2 Å². The maximum Gasteiger partial charge on any atom is 0.269 e. The highest BCUT2D eigenvalue weighted by molar-refractivity contribution is 5.92. The van der Waals surface area contributed by atoms with Crippen LogP contribution in [0.1, 0.15) is 36.7 Å². The summed E-state index contributed by atoms with van der Waals surface area (Å²) in [5.41, 5.74) is 1.59. The Morgan fingerprint density at radius 1 is 1.43 bits per heavy atom. The van der Waals surface area contributed by atoms with Crippen molar-refractivity contribution in [2.45, 2.75) is 26.2 Å². The Bertz CT molecular complexity index is 455. The fourth-order valence-electron chi connectivity index (χ4n) is 2.75. The van der Waals surface area contributed by atoms with E-state index in [1.807, 2.05) is 12.1 Å². The second-order valence-corrected chi connectivity index (χ2v) is 5.61. The second kappa shape index (κ2) is 7.98. The summed E-state index contributed by atoms with van der Waals surface area (Å²) in [7, 11) is 1.63. The van der Waals surface area contributed by atoms with Crippen molar-refractivity contribution >= 4 is 11.6 Å². The Balaban J connectivity index is 1.88. The van der Waals surface area contributed by atoms with Crippen LogP contribution < -0.4 is 15.5 Å². The lowest BCUT2D eigenvalue weighted by Gasteiger charge is -2.33. The van der Waals surface area contributed by atoms with E-state index in [-0.39, 0.29) is 5.91 Å². The molecule has 1 aromatic heterocycles. The van der Waals surface area contributed by atoms with E-state index >= 15 is 0 Å². The minimum absolute atomic E-state index is 0.129. The quantitative estimate of drug-likeness (QED) is 0.782. The fraction of sp³-hybridized carbons (Fsp3) is 0.625. The monoisotopic (exact) mass is 290 g/mol. The molecule has 1 amide bonds. The number of aromatic nitrogens is 1. The van der Waals surface area contributed by atoms with Gasteiger partial charge in [0.25, 0.3) is 5.91 Å². The normalized spacial score (nSPS) is 16.0.